The molecule has 32 heavy (non-hydrogen) atoms. The van der Waals surface area contributed by atoms with Gasteiger partial charge in [0.1, 0.15) is 0 Å². The van der Waals surface area contributed by atoms with E-state index in [1.165, 1.54) is 11.8 Å². The van der Waals surface area contributed by atoms with E-state index in [-0.39, 0.29) is 17.3 Å². The zero-order valence-electron chi connectivity index (χ0n) is 17.6. The lowest BCUT2D eigenvalue weighted by Gasteiger charge is -2.16. The van der Waals surface area contributed by atoms with Crippen molar-refractivity contribution in [1.29, 1.82) is 0 Å². The maximum Gasteiger partial charge on any atom is 0.237 e. The van der Waals surface area contributed by atoms with Crippen LogP contribution in [0.1, 0.15) is 19.8 Å². The Morgan fingerprint density at radius 1 is 1.28 bits per heavy atom. The third-order valence-corrected chi connectivity index (χ3v) is 7.37. The second-order valence-corrected chi connectivity index (χ2v) is 9.91. The molecule has 2 atom stereocenters. The highest BCUT2D eigenvalue weighted by atomic mass is 32.2. The lowest BCUT2D eigenvalue weighted by molar-refractivity contribution is -0.115. The predicted molar refractivity (Wildman–Crippen MR) is 128 cm³/mol. The fraction of sp³-hybridized carbons (Fsp3) is 0.304. The number of carbonyl (C=O) groups excluding carboxylic acids is 1. The number of thioether (sulfide) groups is 1. The number of fused-ring (bicyclic) bond motifs is 1. The van der Waals surface area contributed by atoms with Crippen molar-refractivity contribution in [1.82, 2.24) is 19.7 Å². The number of carbonyl (C=O) groups is 1. The summed E-state index contributed by atoms with van der Waals surface area (Å²) in [6, 6.07) is 13.6. The molecule has 0 aliphatic carbocycles. The number of pyridine rings is 1. The third-order valence-electron chi connectivity index (χ3n) is 5.42. The minimum absolute atomic E-state index is 0.0873. The number of amides is 1. The average Bonchev–Trinajstić information content (AvgIpc) is 3.57. The van der Waals surface area contributed by atoms with Gasteiger partial charge in [0, 0.05) is 18.2 Å². The molecule has 4 aromatic rings. The highest BCUT2D eigenvalue weighted by Crippen LogP contribution is 2.31. The number of hydrogen-bond acceptors (Lipinski definition) is 7. The molecule has 2 unspecified atom stereocenters. The minimum Gasteiger partial charge on any atom is -0.376 e. The van der Waals surface area contributed by atoms with Crippen LogP contribution in [0.15, 0.2) is 59.2 Å². The second kappa shape index (κ2) is 9.40. The van der Waals surface area contributed by atoms with Crippen LogP contribution in [-0.4, -0.2) is 43.6 Å². The Kier molecular flexibility index (Phi) is 6.20. The van der Waals surface area contributed by atoms with Crippen molar-refractivity contribution in [3.63, 3.8) is 0 Å². The summed E-state index contributed by atoms with van der Waals surface area (Å²) >= 11 is 3.05. The predicted octanol–water partition coefficient (Wildman–Crippen LogP) is 4.85. The van der Waals surface area contributed by atoms with Crippen molar-refractivity contribution < 1.29 is 9.53 Å². The van der Waals surface area contributed by atoms with Crippen LogP contribution < -0.4 is 5.32 Å². The van der Waals surface area contributed by atoms with Crippen LogP contribution in [-0.2, 0) is 16.1 Å². The monoisotopic (exact) mass is 465 g/mol. The zero-order valence-corrected chi connectivity index (χ0v) is 19.2. The van der Waals surface area contributed by atoms with Crippen LogP contribution in [0.25, 0.3) is 21.6 Å². The summed E-state index contributed by atoms with van der Waals surface area (Å²) < 4.78 is 7.95. The number of nitrogens with zero attached hydrogens (tertiary/aromatic N) is 4. The first-order valence-corrected chi connectivity index (χ1v) is 12.3. The normalized spacial score (nSPS) is 17.0. The molecule has 1 fully saturated rings. The van der Waals surface area contributed by atoms with Gasteiger partial charge in [-0.25, -0.2) is 0 Å². The summed E-state index contributed by atoms with van der Waals surface area (Å²) in [5, 5.41) is 15.2. The largest absolute Gasteiger partial charge is 0.376 e. The quantitative estimate of drug-likeness (QED) is 0.393. The van der Waals surface area contributed by atoms with Gasteiger partial charge < -0.3 is 10.1 Å². The maximum atomic E-state index is 13.0. The Balaban J connectivity index is 1.36. The molecule has 9 heteroatoms. The van der Waals surface area contributed by atoms with Crippen LogP contribution >= 0.6 is 23.1 Å². The molecule has 1 aliphatic rings. The summed E-state index contributed by atoms with van der Waals surface area (Å²) in [6.45, 7) is 3.37. The van der Waals surface area contributed by atoms with E-state index in [1.54, 1.807) is 17.5 Å². The summed E-state index contributed by atoms with van der Waals surface area (Å²) in [6.07, 6.45) is 3.99. The first kappa shape index (κ1) is 21.1. The Hall–Kier alpha value is -2.75. The Morgan fingerprint density at radius 2 is 2.22 bits per heavy atom. The fourth-order valence-corrected chi connectivity index (χ4v) is 5.35. The molecule has 4 heterocycles. The van der Waals surface area contributed by atoms with Gasteiger partial charge in [0.25, 0.3) is 0 Å². The molecule has 0 bridgehead atoms. The molecule has 1 aliphatic heterocycles. The molecular formula is C23H23N5O2S2. The van der Waals surface area contributed by atoms with Gasteiger partial charge in [-0.05, 0) is 55.5 Å². The summed E-state index contributed by atoms with van der Waals surface area (Å²) in [5.74, 6) is 0.737. The minimum atomic E-state index is -0.356. The summed E-state index contributed by atoms with van der Waals surface area (Å²) in [4.78, 5) is 18.4. The molecule has 7 nitrogen and oxygen atoms in total. The summed E-state index contributed by atoms with van der Waals surface area (Å²) in [5.41, 5.74) is 1.61. The highest BCUT2D eigenvalue weighted by molar-refractivity contribution is 8.00. The maximum absolute atomic E-state index is 13.0. The Labute approximate surface area is 194 Å². The molecule has 0 radical (unpaired) electrons. The van der Waals surface area contributed by atoms with E-state index in [9.17, 15) is 4.79 Å². The summed E-state index contributed by atoms with van der Waals surface area (Å²) in [7, 11) is 0. The lowest BCUT2D eigenvalue weighted by atomic mass is 10.2. The number of nitrogens with one attached hydrogen (secondary N) is 1. The molecule has 1 amide bonds. The second-order valence-electron chi connectivity index (χ2n) is 7.65. The lowest BCUT2D eigenvalue weighted by Crippen LogP contribution is -2.23. The molecule has 1 saturated heterocycles. The molecular weight excluding hydrogens is 442 g/mol. The fourth-order valence-electron chi connectivity index (χ4n) is 3.78. The Morgan fingerprint density at radius 3 is 3.03 bits per heavy atom. The van der Waals surface area contributed by atoms with Gasteiger partial charge in [0.05, 0.1) is 34.0 Å². The van der Waals surface area contributed by atoms with Crippen molar-refractivity contribution in [2.24, 2.45) is 0 Å². The van der Waals surface area contributed by atoms with Crippen molar-refractivity contribution in [3.05, 3.63) is 54.0 Å². The average molecular weight is 466 g/mol. The van der Waals surface area contributed by atoms with Gasteiger partial charge in [-0.15, -0.1) is 21.5 Å². The van der Waals surface area contributed by atoms with Gasteiger partial charge in [0.15, 0.2) is 11.0 Å². The molecule has 0 spiro atoms. The smallest absolute Gasteiger partial charge is 0.237 e. The third kappa shape index (κ3) is 4.41. The van der Waals surface area contributed by atoms with Crippen LogP contribution in [0.3, 0.4) is 0 Å². The number of benzene rings is 1. The Bertz CT molecular complexity index is 1210. The van der Waals surface area contributed by atoms with E-state index in [2.05, 4.69) is 25.1 Å². The molecule has 0 saturated carbocycles. The first-order valence-electron chi connectivity index (χ1n) is 10.6. The van der Waals surface area contributed by atoms with Gasteiger partial charge in [0.2, 0.25) is 5.91 Å². The van der Waals surface area contributed by atoms with Gasteiger partial charge in [-0.3, -0.25) is 14.3 Å². The van der Waals surface area contributed by atoms with Gasteiger partial charge in [-0.2, -0.15) is 0 Å². The molecule has 1 aromatic carbocycles. The SMILES string of the molecule is CC(Sc1nnc(-c2cccs2)n1CC1CCCO1)C(=O)Nc1cccc2ncccc12. The van der Waals surface area contributed by atoms with Crippen LogP contribution in [0.4, 0.5) is 5.69 Å². The van der Waals surface area contributed by atoms with Crippen LogP contribution in [0, 0.1) is 0 Å². The topological polar surface area (TPSA) is 81.9 Å². The number of aromatic nitrogens is 4. The zero-order chi connectivity index (χ0) is 21.9. The van der Waals surface area contributed by atoms with Gasteiger partial charge >= 0.3 is 0 Å². The van der Waals surface area contributed by atoms with Crippen molar-refractivity contribution in [2.45, 2.75) is 42.8 Å². The molecule has 3 aromatic heterocycles. The van der Waals surface area contributed by atoms with Crippen molar-refractivity contribution in [3.8, 4) is 10.7 Å². The van der Waals surface area contributed by atoms with Crippen molar-refractivity contribution in [2.75, 3.05) is 11.9 Å². The first-order chi connectivity index (χ1) is 15.7. The van der Waals surface area contributed by atoms with E-state index in [4.69, 9.17) is 4.74 Å². The number of hydrogen-bond donors (Lipinski definition) is 1. The van der Waals surface area contributed by atoms with E-state index in [1.807, 2.05) is 54.8 Å². The van der Waals surface area contributed by atoms with E-state index in [0.29, 0.717) is 6.54 Å². The molecule has 5 rings (SSSR count). The molecule has 164 valence electrons. The van der Waals surface area contributed by atoms with E-state index >= 15 is 0 Å². The number of thiophene rings is 1. The van der Waals surface area contributed by atoms with Gasteiger partial charge in [-0.1, -0.05) is 23.9 Å². The standard InChI is InChI=1S/C23H23N5O2S2/c1-15(22(29)25-19-9-2-8-18-17(19)7-3-11-24-18)32-23-27-26-21(20-10-5-13-31-20)28(23)14-16-6-4-12-30-16/h2-3,5,7-11,13,15-16H,4,6,12,14H2,1H3,(H,25,29). The molecule has 1 N–H and O–H groups in total. The number of rotatable bonds is 7. The van der Waals surface area contributed by atoms with Crippen LogP contribution in [0.2, 0.25) is 0 Å². The van der Waals surface area contributed by atoms with Crippen molar-refractivity contribution >= 4 is 45.6 Å². The highest BCUT2D eigenvalue weighted by Gasteiger charge is 2.25. The van der Waals surface area contributed by atoms with Crippen LogP contribution in [0.5, 0.6) is 0 Å². The van der Waals surface area contributed by atoms with E-state index < -0.39 is 0 Å². The van der Waals surface area contributed by atoms with E-state index in [0.717, 1.165) is 51.9 Å². The number of anilines is 1. The number of ether oxygens (including phenoxy) is 1.